The van der Waals surface area contributed by atoms with Gasteiger partial charge in [-0.1, -0.05) is 23.7 Å². The van der Waals surface area contributed by atoms with E-state index in [1.165, 1.54) is 0 Å². The molecule has 3 heteroatoms. The molecule has 2 nitrogen and oxygen atoms in total. The predicted molar refractivity (Wildman–Crippen MR) is 62.0 cm³/mol. The largest absolute Gasteiger partial charge is 0.389 e. The molecule has 0 aliphatic heterocycles. The van der Waals surface area contributed by atoms with Crippen LogP contribution in [0, 0.1) is 0 Å². The third-order valence-electron chi connectivity index (χ3n) is 2.96. The molecule has 0 saturated heterocycles. The van der Waals surface area contributed by atoms with Gasteiger partial charge in [-0.05, 0) is 37.0 Å². The highest BCUT2D eigenvalue weighted by Crippen LogP contribution is 2.30. The van der Waals surface area contributed by atoms with E-state index in [0.29, 0.717) is 6.54 Å². The summed E-state index contributed by atoms with van der Waals surface area (Å²) in [7, 11) is 0. The maximum atomic E-state index is 9.85. The molecule has 1 aromatic rings. The lowest BCUT2D eigenvalue weighted by atomic mass is 9.80. The highest BCUT2D eigenvalue weighted by Gasteiger charge is 2.33. The molecule has 0 aromatic heterocycles. The maximum absolute atomic E-state index is 9.85. The lowest BCUT2D eigenvalue weighted by molar-refractivity contribution is -0.0314. The Balaban J connectivity index is 1.78. The van der Waals surface area contributed by atoms with Crippen molar-refractivity contribution in [2.45, 2.75) is 31.4 Å². The normalized spacial score (nSPS) is 18.5. The molecule has 0 amide bonds. The molecule has 0 atom stereocenters. The Morgan fingerprint density at radius 3 is 2.80 bits per heavy atom. The highest BCUT2D eigenvalue weighted by atomic mass is 35.5. The minimum absolute atomic E-state index is 0.446. The third kappa shape index (κ3) is 2.94. The first-order valence-corrected chi connectivity index (χ1v) is 5.73. The van der Waals surface area contributed by atoms with Gasteiger partial charge in [0, 0.05) is 18.1 Å². The maximum Gasteiger partial charge on any atom is 0.0771 e. The molecular formula is C12H16ClNO. The zero-order chi connectivity index (χ0) is 10.7. The van der Waals surface area contributed by atoms with Crippen molar-refractivity contribution >= 4 is 11.6 Å². The molecule has 2 N–H and O–H groups in total. The van der Waals surface area contributed by atoms with Crippen molar-refractivity contribution < 1.29 is 5.11 Å². The van der Waals surface area contributed by atoms with Gasteiger partial charge in [0.05, 0.1) is 5.60 Å². The number of benzene rings is 1. The van der Waals surface area contributed by atoms with Crippen LogP contribution in [0.4, 0.5) is 0 Å². The van der Waals surface area contributed by atoms with Crippen LogP contribution in [0.3, 0.4) is 0 Å². The van der Waals surface area contributed by atoms with Gasteiger partial charge in [-0.15, -0.1) is 0 Å². The number of aliphatic hydroxyl groups is 1. The first kappa shape index (κ1) is 10.9. The second kappa shape index (κ2) is 4.52. The van der Waals surface area contributed by atoms with Gasteiger partial charge in [0.1, 0.15) is 0 Å². The summed E-state index contributed by atoms with van der Waals surface area (Å²) in [4.78, 5) is 0. The summed E-state index contributed by atoms with van der Waals surface area (Å²) in [6.07, 6.45) is 3.00. The van der Waals surface area contributed by atoms with Crippen LogP contribution < -0.4 is 5.32 Å². The van der Waals surface area contributed by atoms with E-state index in [-0.39, 0.29) is 0 Å². The van der Waals surface area contributed by atoms with E-state index in [9.17, 15) is 5.11 Å². The summed E-state index contributed by atoms with van der Waals surface area (Å²) in [5, 5.41) is 13.9. The van der Waals surface area contributed by atoms with Crippen LogP contribution in [0.15, 0.2) is 24.3 Å². The molecule has 82 valence electrons. The van der Waals surface area contributed by atoms with Crippen molar-refractivity contribution in [1.82, 2.24) is 5.32 Å². The fourth-order valence-electron chi connectivity index (χ4n) is 1.85. The SMILES string of the molecule is OC1(CNCc2cccc(Cl)c2)CCC1. The van der Waals surface area contributed by atoms with Crippen molar-refractivity contribution in [1.29, 1.82) is 0 Å². The Bertz CT molecular complexity index is 336. The molecule has 0 bridgehead atoms. The lowest BCUT2D eigenvalue weighted by Crippen LogP contribution is -2.45. The van der Waals surface area contributed by atoms with Crippen LogP contribution in [-0.2, 0) is 6.54 Å². The van der Waals surface area contributed by atoms with Crippen LogP contribution in [0.25, 0.3) is 0 Å². The van der Waals surface area contributed by atoms with Crippen molar-refractivity contribution in [3.8, 4) is 0 Å². The smallest absolute Gasteiger partial charge is 0.0771 e. The zero-order valence-corrected chi connectivity index (χ0v) is 9.43. The number of hydrogen-bond acceptors (Lipinski definition) is 2. The van der Waals surface area contributed by atoms with E-state index in [1.54, 1.807) is 0 Å². The average molecular weight is 226 g/mol. The van der Waals surface area contributed by atoms with E-state index >= 15 is 0 Å². The molecule has 2 rings (SSSR count). The zero-order valence-electron chi connectivity index (χ0n) is 8.67. The predicted octanol–water partition coefficient (Wildman–Crippen LogP) is 2.34. The lowest BCUT2D eigenvalue weighted by Gasteiger charge is -2.36. The minimum Gasteiger partial charge on any atom is -0.389 e. The summed E-state index contributed by atoms with van der Waals surface area (Å²) in [6.45, 7) is 1.45. The fraction of sp³-hybridized carbons (Fsp3) is 0.500. The van der Waals surface area contributed by atoms with E-state index in [4.69, 9.17) is 11.6 Å². The summed E-state index contributed by atoms with van der Waals surface area (Å²) in [5.74, 6) is 0. The van der Waals surface area contributed by atoms with Crippen molar-refractivity contribution in [3.63, 3.8) is 0 Å². The van der Waals surface area contributed by atoms with Gasteiger partial charge in [-0.3, -0.25) is 0 Å². The number of hydrogen-bond donors (Lipinski definition) is 2. The number of nitrogens with one attached hydrogen (secondary N) is 1. The van der Waals surface area contributed by atoms with Gasteiger partial charge in [0.25, 0.3) is 0 Å². The standard InChI is InChI=1S/C12H16ClNO/c13-11-4-1-3-10(7-11)8-14-9-12(15)5-2-6-12/h1,3-4,7,14-15H,2,5-6,8-9H2. The molecule has 15 heavy (non-hydrogen) atoms. The van der Waals surface area contributed by atoms with E-state index < -0.39 is 5.60 Å². The Morgan fingerprint density at radius 1 is 1.40 bits per heavy atom. The van der Waals surface area contributed by atoms with Gasteiger partial charge in [0.2, 0.25) is 0 Å². The molecular weight excluding hydrogens is 210 g/mol. The second-order valence-corrected chi connectivity index (χ2v) is 4.75. The second-order valence-electron chi connectivity index (χ2n) is 4.31. The Kier molecular flexibility index (Phi) is 3.29. The topological polar surface area (TPSA) is 32.3 Å². The fourth-order valence-corrected chi connectivity index (χ4v) is 2.06. The Hall–Kier alpha value is -0.570. The summed E-state index contributed by atoms with van der Waals surface area (Å²) < 4.78 is 0. The van der Waals surface area contributed by atoms with Crippen LogP contribution >= 0.6 is 11.6 Å². The van der Waals surface area contributed by atoms with Gasteiger partial charge in [-0.25, -0.2) is 0 Å². The average Bonchev–Trinajstić information content (AvgIpc) is 2.15. The third-order valence-corrected chi connectivity index (χ3v) is 3.19. The minimum atomic E-state index is -0.446. The van der Waals surface area contributed by atoms with Gasteiger partial charge < -0.3 is 10.4 Å². The summed E-state index contributed by atoms with van der Waals surface area (Å²) in [5.41, 5.74) is 0.712. The first-order valence-electron chi connectivity index (χ1n) is 5.36. The molecule has 0 spiro atoms. The number of rotatable bonds is 4. The highest BCUT2D eigenvalue weighted by molar-refractivity contribution is 6.30. The van der Waals surface area contributed by atoms with Gasteiger partial charge in [-0.2, -0.15) is 0 Å². The molecule has 1 fully saturated rings. The summed E-state index contributed by atoms with van der Waals surface area (Å²) in [6, 6.07) is 7.78. The molecule has 1 aliphatic carbocycles. The first-order chi connectivity index (χ1) is 7.18. The van der Waals surface area contributed by atoms with Crippen LogP contribution in [-0.4, -0.2) is 17.3 Å². The molecule has 0 unspecified atom stereocenters. The Morgan fingerprint density at radius 2 is 2.20 bits per heavy atom. The van der Waals surface area contributed by atoms with E-state index in [1.807, 2.05) is 24.3 Å². The molecule has 1 aliphatic rings. The van der Waals surface area contributed by atoms with Crippen LogP contribution in [0.1, 0.15) is 24.8 Å². The number of halogens is 1. The van der Waals surface area contributed by atoms with Crippen LogP contribution in [0.5, 0.6) is 0 Å². The van der Waals surface area contributed by atoms with Crippen molar-refractivity contribution in [2.75, 3.05) is 6.54 Å². The van der Waals surface area contributed by atoms with Crippen molar-refractivity contribution in [2.24, 2.45) is 0 Å². The molecule has 1 saturated carbocycles. The van der Waals surface area contributed by atoms with Crippen LogP contribution in [0.2, 0.25) is 5.02 Å². The monoisotopic (exact) mass is 225 g/mol. The molecule has 1 aromatic carbocycles. The van der Waals surface area contributed by atoms with Crippen molar-refractivity contribution in [3.05, 3.63) is 34.9 Å². The quantitative estimate of drug-likeness (QED) is 0.825. The molecule has 0 heterocycles. The van der Waals surface area contributed by atoms with E-state index in [2.05, 4.69) is 5.32 Å². The Labute approximate surface area is 95.3 Å². The van der Waals surface area contributed by atoms with Gasteiger partial charge in [0.15, 0.2) is 0 Å². The summed E-state index contributed by atoms with van der Waals surface area (Å²) >= 11 is 5.87. The van der Waals surface area contributed by atoms with Gasteiger partial charge >= 0.3 is 0 Å². The van der Waals surface area contributed by atoms with E-state index in [0.717, 1.165) is 36.4 Å². The molecule has 0 radical (unpaired) electrons.